The molecule has 0 saturated carbocycles. The second kappa shape index (κ2) is 7.70. The molecule has 1 aromatic carbocycles. The number of nitrogens with zero attached hydrogens (tertiary/aromatic N) is 1. The van der Waals surface area contributed by atoms with Crippen molar-refractivity contribution >= 4 is 15.9 Å². The summed E-state index contributed by atoms with van der Waals surface area (Å²) in [4.78, 5) is 2.60. The van der Waals surface area contributed by atoms with Gasteiger partial charge < -0.3 is 5.32 Å². The number of hydrogen-bond donors (Lipinski definition) is 1. The number of likely N-dealkylation sites (tertiary alicyclic amines) is 1. The molecule has 2 unspecified atom stereocenters. The summed E-state index contributed by atoms with van der Waals surface area (Å²) in [6.45, 7) is 10.1. The molecule has 0 bridgehead atoms. The van der Waals surface area contributed by atoms with E-state index in [0.29, 0.717) is 12.0 Å². The standard InChI is InChI=1S/C17H26BrFN2/c1-12(2)17(21-8-4-5-9-21)11-20-13(3)15-7-6-14(19)10-16(15)18/h6-7,10,12-13,17,20H,4-5,8-9,11H2,1-3H3. The average Bonchev–Trinajstić information content (AvgIpc) is 2.92. The van der Waals surface area contributed by atoms with E-state index in [9.17, 15) is 4.39 Å². The molecule has 21 heavy (non-hydrogen) atoms. The van der Waals surface area contributed by atoms with Crippen LogP contribution in [0.1, 0.15) is 45.2 Å². The molecule has 4 heteroatoms. The van der Waals surface area contributed by atoms with Crippen LogP contribution in [-0.2, 0) is 0 Å². The molecule has 2 atom stereocenters. The van der Waals surface area contributed by atoms with Gasteiger partial charge in [-0.3, -0.25) is 4.90 Å². The van der Waals surface area contributed by atoms with Crippen LogP contribution in [0.5, 0.6) is 0 Å². The fourth-order valence-corrected chi connectivity index (χ4v) is 3.81. The van der Waals surface area contributed by atoms with Crippen LogP contribution in [0.3, 0.4) is 0 Å². The zero-order valence-corrected chi connectivity index (χ0v) is 14.8. The summed E-state index contributed by atoms with van der Waals surface area (Å²) in [7, 11) is 0. The molecule has 0 amide bonds. The fraction of sp³-hybridized carbons (Fsp3) is 0.647. The molecule has 0 aliphatic carbocycles. The summed E-state index contributed by atoms with van der Waals surface area (Å²) in [5, 5.41) is 3.62. The van der Waals surface area contributed by atoms with Crippen LogP contribution in [0.25, 0.3) is 0 Å². The van der Waals surface area contributed by atoms with E-state index in [1.807, 2.05) is 6.07 Å². The van der Waals surface area contributed by atoms with Crippen LogP contribution in [0.2, 0.25) is 0 Å². The van der Waals surface area contributed by atoms with E-state index < -0.39 is 0 Å². The second-order valence-corrected chi connectivity index (χ2v) is 7.20. The predicted molar refractivity (Wildman–Crippen MR) is 90.0 cm³/mol. The molecule has 1 aliphatic rings. The summed E-state index contributed by atoms with van der Waals surface area (Å²) in [6.07, 6.45) is 2.64. The zero-order valence-electron chi connectivity index (χ0n) is 13.2. The summed E-state index contributed by atoms with van der Waals surface area (Å²) in [6, 6.07) is 5.71. The molecule has 1 heterocycles. The van der Waals surface area contributed by atoms with Crippen molar-refractivity contribution in [2.75, 3.05) is 19.6 Å². The molecule has 118 valence electrons. The number of halogens is 2. The third-order valence-corrected chi connectivity index (χ3v) is 5.13. The summed E-state index contributed by atoms with van der Waals surface area (Å²) < 4.78 is 14.0. The molecule has 2 nitrogen and oxygen atoms in total. The van der Waals surface area contributed by atoms with E-state index in [4.69, 9.17) is 0 Å². The van der Waals surface area contributed by atoms with Crippen molar-refractivity contribution in [3.8, 4) is 0 Å². The van der Waals surface area contributed by atoms with Crippen molar-refractivity contribution in [3.05, 3.63) is 34.1 Å². The largest absolute Gasteiger partial charge is 0.309 e. The normalized spacial score (nSPS) is 19.1. The minimum atomic E-state index is -0.199. The van der Waals surface area contributed by atoms with Gasteiger partial charge in [-0.25, -0.2) is 4.39 Å². The third kappa shape index (κ3) is 4.51. The highest BCUT2D eigenvalue weighted by atomic mass is 79.9. The lowest BCUT2D eigenvalue weighted by atomic mass is 10.0. The van der Waals surface area contributed by atoms with Gasteiger partial charge in [0.1, 0.15) is 5.82 Å². The number of nitrogens with one attached hydrogen (secondary N) is 1. The molecule has 1 N–H and O–H groups in total. The Hall–Kier alpha value is -0.450. The Balaban J connectivity index is 1.96. The topological polar surface area (TPSA) is 15.3 Å². The van der Waals surface area contributed by atoms with E-state index >= 15 is 0 Å². The van der Waals surface area contributed by atoms with Crippen molar-refractivity contribution in [1.82, 2.24) is 10.2 Å². The predicted octanol–water partition coefficient (Wildman–Crippen LogP) is 4.36. The Morgan fingerprint density at radius 2 is 1.90 bits per heavy atom. The van der Waals surface area contributed by atoms with Crippen molar-refractivity contribution in [2.24, 2.45) is 5.92 Å². The minimum absolute atomic E-state index is 0.199. The maximum Gasteiger partial charge on any atom is 0.124 e. The van der Waals surface area contributed by atoms with Gasteiger partial charge in [0.15, 0.2) is 0 Å². The van der Waals surface area contributed by atoms with Crippen LogP contribution in [0, 0.1) is 11.7 Å². The van der Waals surface area contributed by atoms with Crippen LogP contribution in [0.4, 0.5) is 4.39 Å². The van der Waals surface area contributed by atoms with Crippen LogP contribution < -0.4 is 5.32 Å². The van der Waals surface area contributed by atoms with Crippen molar-refractivity contribution in [1.29, 1.82) is 0 Å². The molecule has 0 spiro atoms. The first kappa shape index (κ1) is 16.9. The summed E-state index contributed by atoms with van der Waals surface area (Å²) in [5.74, 6) is 0.439. The minimum Gasteiger partial charge on any atom is -0.309 e. The molecule has 1 saturated heterocycles. The van der Waals surface area contributed by atoms with E-state index in [0.717, 1.165) is 16.6 Å². The quantitative estimate of drug-likeness (QED) is 0.814. The zero-order chi connectivity index (χ0) is 15.4. The third-order valence-electron chi connectivity index (χ3n) is 4.44. The lowest BCUT2D eigenvalue weighted by Crippen LogP contribution is -2.44. The van der Waals surface area contributed by atoms with Gasteiger partial charge in [0.25, 0.3) is 0 Å². The molecule has 1 fully saturated rings. The number of benzene rings is 1. The van der Waals surface area contributed by atoms with E-state index in [1.54, 1.807) is 0 Å². The van der Waals surface area contributed by atoms with E-state index in [-0.39, 0.29) is 11.9 Å². The molecule has 2 rings (SSSR count). The Morgan fingerprint density at radius 1 is 1.24 bits per heavy atom. The van der Waals surface area contributed by atoms with Crippen LogP contribution in [-0.4, -0.2) is 30.6 Å². The Bertz CT molecular complexity index is 458. The highest BCUT2D eigenvalue weighted by Gasteiger charge is 2.25. The second-order valence-electron chi connectivity index (χ2n) is 6.35. The van der Waals surface area contributed by atoms with Gasteiger partial charge >= 0.3 is 0 Å². The number of hydrogen-bond acceptors (Lipinski definition) is 2. The van der Waals surface area contributed by atoms with Gasteiger partial charge in [-0.2, -0.15) is 0 Å². The van der Waals surface area contributed by atoms with Gasteiger partial charge in [-0.15, -0.1) is 0 Å². The molecular weight excluding hydrogens is 331 g/mol. The maximum absolute atomic E-state index is 13.2. The fourth-order valence-electron chi connectivity index (χ4n) is 3.12. The Morgan fingerprint density at radius 3 is 2.48 bits per heavy atom. The molecule has 1 aliphatic heterocycles. The van der Waals surface area contributed by atoms with Gasteiger partial charge in [0.2, 0.25) is 0 Å². The molecular formula is C17H26BrFN2. The highest BCUT2D eigenvalue weighted by Crippen LogP contribution is 2.25. The Kier molecular flexibility index (Phi) is 6.20. The van der Waals surface area contributed by atoms with E-state index in [1.165, 1.54) is 38.1 Å². The van der Waals surface area contributed by atoms with Crippen LogP contribution in [0.15, 0.2) is 22.7 Å². The lowest BCUT2D eigenvalue weighted by Gasteiger charge is -2.32. The first-order chi connectivity index (χ1) is 9.99. The molecule has 0 radical (unpaired) electrons. The van der Waals surface area contributed by atoms with Gasteiger partial charge in [-0.05, 0) is 56.5 Å². The Labute approximate surface area is 136 Å². The first-order valence-electron chi connectivity index (χ1n) is 7.91. The molecule has 1 aromatic rings. The van der Waals surface area contributed by atoms with Crippen molar-refractivity contribution in [2.45, 2.75) is 45.7 Å². The highest BCUT2D eigenvalue weighted by molar-refractivity contribution is 9.10. The smallest absolute Gasteiger partial charge is 0.124 e. The lowest BCUT2D eigenvalue weighted by molar-refractivity contribution is 0.183. The number of rotatable bonds is 6. The van der Waals surface area contributed by atoms with Gasteiger partial charge in [0.05, 0.1) is 0 Å². The van der Waals surface area contributed by atoms with Crippen molar-refractivity contribution in [3.63, 3.8) is 0 Å². The molecule has 0 aromatic heterocycles. The van der Waals surface area contributed by atoms with Gasteiger partial charge in [0, 0.05) is 23.1 Å². The average molecular weight is 357 g/mol. The van der Waals surface area contributed by atoms with E-state index in [2.05, 4.69) is 46.9 Å². The summed E-state index contributed by atoms with van der Waals surface area (Å²) in [5.41, 5.74) is 1.11. The SMILES string of the molecule is CC(NCC(C(C)C)N1CCCC1)c1ccc(F)cc1Br. The monoisotopic (exact) mass is 356 g/mol. The van der Waals surface area contributed by atoms with Gasteiger partial charge in [-0.1, -0.05) is 35.8 Å². The van der Waals surface area contributed by atoms with Crippen molar-refractivity contribution < 1.29 is 4.39 Å². The van der Waals surface area contributed by atoms with Crippen LogP contribution >= 0.6 is 15.9 Å². The first-order valence-corrected chi connectivity index (χ1v) is 8.70. The maximum atomic E-state index is 13.2. The summed E-state index contributed by atoms with van der Waals surface area (Å²) >= 11 is 3.46.